The quantitative estimate of drug-likeness (QED) is 0.708. The second-order valence-corrected chi connectivity index (χ2v) is 6.25. The molecule has 2 aromatic rings. The second kappa shape index (κ2) is 9.27. The van der Waals surface area contributed by atoms with Crippen LogP contribution in [0.2, 0.25) is 0 Å². The highest BCUT2D eigenvalue weighted by atomic mass is 32.2. The minimum Gasteiger partial charge on any atom is -0.497 e. The van der Waals surface area contributed by atoms with E-state index in [1.807, 2.05) is 31.2 Å². The number of carbonyl (C=O) groups excluding carboxylic acids is 1. The third kappa shape index (κ3) is 6.26. The molecular formula is C18H19F2NO3S. The van der Waals surface area contributed by atoms with Gasteiger partial charge in [-0.2, -0.15) is 8.78 Å². The molecule has 0 saturated heterocycles. The van der Waals surface area contributed by atoms with Crippen molar-refractivity contribution in [2.75, 3.05) is 12.9 Å². The number of hydrogen-bond donors (Lipinski definition) is 1. The molecule has 1 atom stereocenters. The minimum atomic E-state index is -2.85. The van der Waals surface area contributed by atoms with Crippen LogP contribution in [0, 0.1) is 0 Å². The lowest BCUT2D eigenvalue weighted by atomic mass is 10.1. The second-order valence-electron chi connectivity index (χ2n) is 5.20. The first-order chi connectivity index (χ1) is 12.0. The Bertz CT molecular complexity index is 678. The Morgan fingerprint density at radius 2 is 1.68 bits per heavy atom. The molecule has 0 heterocycles. The SMILES string of the molecule is COc1ccc(SCC(=O)NC(C)c2ccc(OC(F)F)cc2)cc1. The van der Waals surface area contributed by atoms with Crippen molar-refractivity contribution >= 4 is 17.7 Å². The molecule has 1 amide bonds. The summed E-state index contributed by atoms with van der Waals surface area (Å²) in [6.07, 6.45) is 0. The molecule has 134 valence electrons. The number of alkyl halides is 2. The van der Waals surface area contributed by atoms with Crippen LogP contribution in [0.25, 0.3) is 0 Å². The average Bonchev–Trinajstić information content (AvgIpc) is 2.60. The fourth-order valence-corrected chi connectivity index (χ4v) is 2.83. The molecule has 0 aliphatic heterocycles. The Morgan fingerprint density at radius 1 is 1.08 bits per heavy atom. The van der Waals surface area contributed by atoms with E-state index in [-0.39, 0.29) is 23.5 Å². The molecule has 2 aromatic carbocycles. The van der Waals surface area contributed by atoms with Crippen LogP contribution in [0.15, 0.2) is 53.4 Å². The van der Waals surface area contributed by atoms with E-state index in [4.69, 9.17) is 4.74 Å². The predicted octanol–water partition coefficient (Wildman–Crippen LogP) is 4.27. The summed E-state index contributed by atoms with van der Waals surface area (Å²) in [7, 11) is 1.60. The monoisotopic (exact) mass is 367 g/mol. The van der Waals surface area contributed by atoms with Gasteiger partial charge in [-0.25, -0.2) is 0 Å². The summed E-state index contributed by atoms with van der Waals surface area (Å²) in [4.78, 5) is 13.0. The molecule has 4 nitrogen and oxygen atoms in total. The van der Waals surface area contributed by atoms with Crippen LogP contribution in [-0.2, 0) is 4.79 Å². The maximum Gasteiger partial charge on any atom is 0.387 e. The van der Waals surface area contributed by atoms with E-state index in [1.165, 1.54) is 23.9 Å². The number of amides is 1. The number of benzene rings is 2. The van der Waals surface area contributed by atoms with Gasteiger partial charge >= 0.3 is 6.61 Å². The van der Waals surface area contributed by atoms with E-state index in [0.29, 0.717) is 0 Å². The molecular weight excluding hydrogens is 348 g/mol. The molecule has 7 heteroatoms. The van der Waals surface area contributed by atoms with Crippen LogP contribution in [0.1, 0.15) is 18.5 Å². The van der Waals surface area contributed by atoms with Gasteiger partial charge in [0.2, 0.25) is 5.91 Å². The Balaban J connectivity index is 1.82. The van der Waals surface area contributed by atoms with E-state index in [2.05, 4.69) is 10.1 Å². The zero-order valence-corrected chi connectivity index (χ0v) is 14.7. The van der Waals surface area contributed by atoms with Crippen molar-refractivity contribution in [1.29, 1.82) is 0 Å². The maximum atomic E-state index is 12.1. The molecule has 0 spiro atoms. The van der Waals surface area contributed by atoms with E-state index in [0.717, 1.165) is 16.2 Å². The summed E-state index contributed by atoms with van der Waals surface area (Å²) in [5, 5.41) is 2.88. The summed E-state index contributed by atoms with van der Waals surface area (Å²) in [6, 6.07) is 13.4. The molecule has 0 aromatic heterocycles. The predicted molar refractivity (Wildman–Crippen MR) is 93.3 cm³/mol. The summed E-state index contributed by atoms with van der Waals surface area (Å²) in [5.74, 6) is 1.03. The summed E-state index contributed by atoms with van der Waals surface area (Å²) >= 11 is 1.42. The molecule has 25 heavy (non-hydrogen) atoms. The van der Waals surface area contributed by atoms with E-state index >= 15 is 0 Å². The number of nitrogens with one attached hydrogen (secondary N) is 1. The number of rotatable bonds is 8. The largest absolute Gasteiger partial charge is 0.497 e. The van der Waals surface area contributed by atoms with Crippen LogP contribution >= 0.6 is 11.8 Å². The highest BCUT2D eigenvalue weighted by molar-refractivity contribution is 8.00. The van der Waals surface area contributed by atoms with Crippen molar-refractivity contribution in [2.45, 2.75) is 24.5 Å². The highest BCUT2D eigenvalue weighted by Gasteiger charge is 2.11. The average molecular weight is 367 g/mol. The lowest BCUT2D eigenvalue weighted by Crippen LogP contribution is -2.28. The van der Waals surface area contributed by atoms with Crippen LogP contribution < -0.4 is 14.8 Å². The van der Waals surface area contributed by atoms with E-state index in [1.54, 1.807) is 19.2 Å². The van der Waals surface area contributed by atoms with Gasteiger partial charge in [0, 0.05) is 4.90 Å². The molecule has 0 aliphatic carbocycles. The summed E-state index contributed by atoms with van der Waals surface area (Å²) in [5.41, 5.74) is 0.810. The standard InChI is InChI=1S/C18H19F2NO3S/c1-12(13-3-5-15(6-4-13)24-18(19)20)21-17(22)11-25-16-9-7-14(23-2)8-10-16/h3-10,12,18H,11H2,1-2H3,(H,21,22). The van der Waals surface area contributed by atoms with Crippen LogP contribution in [-0.4, -0.2) is 25.4 Å². The normalized spacial score (nSPS) is 11.9. The van der Waals surface area contributed by atoms with Crippen LogP contribution in [0.4, 0.5) is 8.78 Å². The zero-order chi connectivity index (χ0) is 18.2. The molecule has 0 saturated carbocycles. The molecule has 1 N–H and O–H groups in total. The summed E-state index contributed by atoms with van der Waals surface area (Å²) < 4.78 is 33.6. The number of thioether (sulfide) groups is 1. The van der Waals surface area contributed by atoms with Crippen molar-refractivity contribution in [1.82, 2.24) is 5.32 Å². The molecule has 2 rings (SSSR count). The lowest BCUT2D eigenvalue weighted by Gasteiger charge is -2.15. The van der Waals surface area contributed by atoms with Gasteiger partial charge in [0.15, 0.2) is 0 Å². The van der Waals surface area contributed by atoms with Gasteiger partial charge in [-0.1, -0.05) is 12.1 Å². The van der Waals surface area contributed by atoms with Crippen molar-refractivity contribution in [3.05, 3.63) is 54.1 Å². The number of methoxy groups -OCH3 is 1. The number of hydrogen-bond acceptors (Lipinski definition) is 4. The van der Waals surface area contributed by atoms with Gasteiger partial charge in [0.25, 0.3) is 0 Å². The van der Waals surface area contributed by atoms with E-state index in [9.17, 15) is 13.6 Å². The first-order valence-corrected chi connectivity index (χ1v) is 8.57. The van der Waals surface area contributed by atoms with Gasteiger partial charge in [-0.3, -0.25) is 4.79 Å². The molecule has 0 radical (unpaired) electrons. The molecule has 0 fully saturated rings. The number of ether oxygens (including phenoxy) is 2. The lowest BCUT2D eigenvalue weighted by molar-refractivity contribution is -0.119. The third-order valence-electron chi connectivity index (χ3n) is 3.41. The number of halogens is 2. The fourth-order valence-electron chi connectivity index (χ4n) is 2.13. The third-order valence-corrected chi connectivity index (χ3v) is 4.42. The number of carbonyl (C=O) groups is 1. The Morgan fingerprint density at radius 3 is 2.24 bits per heavy atom. The molecule has 1 unspecified atom stereocenters. The van der Waals surface area contributed by atoms with Crippen molar-refractivity contribution in [3.8, 4) is 11.5 Å². The first kappa shape index (κ1) is 19.1. The Labute approximate surface area is 149 Å². The van der Waals surface area contributed by atoms with Gasteiger partial charge in [0.1, 0.15) is 11.5 Å². The smallest absolute Gasteiger partial charge is 0.387 e. The first-order valence-electron chi connectivity index (χ1n) is 7.59. The highest BCUT2D eigenvalue weighted by Crippen LogP contribution is 2.22. The summed E-state index contributed by atoms with van der Waals surface area (Å²) in [6.45, 7) is -1.02. The Hall–Kier alpha value is -2.28. The van der Waals surface area contributed by atoms with Gasteiger partial charge in [-0.15, -0.1) is 11.8 Å². The van der Waals surface area contributed by atoms with E-state index < -0.39 is 6.61 Å². The van der Waals surface area contributed by atoms with Gasteiger partial charge in [0.05, 0.1) is 18.9 Å². The van der Waals surface area contributed by atoms with Gasteiger partial charge in [-0.05, 0) is 48.9 Å². The fraction of sp³-hybridized carbons (Fsp3) is 0.278. The maximum absolute atomic E-state index is 12.1. The molecule has 0 bridgehead atoms. The van der Waals surface area contributed by atoms with Crippen LogP contribution in [0.3, 0.4) is 0 Å². The minimum absolute atomic E-state index is 0.0901. The zero-order valence-electron chi connectivity index (χ0n) is 13.9. The molecule has 0 aliphatic rings. The topological polar surface area (TPSA) is 47.6 Å². The van der Waals surface area contributed by atoms with Crippen LogP contribution in [0.5, 0.6) is 11.5 Å². The van der Waals surface area contributed by atoms with Crippen molar-refractivity contribution in [3.63, 3.8) is 0 Å². The Kier molecular flexibility index (Phi) is 7.06. The van der Waals surface area contributed by atoms with Crippen molar-refractivity contribution < 1.29 is 23.0 Å². The van der Waals surface area contributed by atoms with Gasteiger partial charge < -0.3 is 14.8 Å². The van der Waals surface area contributed by atoms with Crippen molar-refractivity contribution in [2.24, 2.45) is 0 Å².